The molecule has 0 bridgehead atoms. The van der Waals surface area contributed by atoms with Crippen LogP contribution in [-0.4, -0.2) is 25.1 Å². The van der Waals surface area contributed by atoms with Crippen LogP contribution >= 0.6 is 11.8 Å². The zero-order valence-corrected chi connectivity index (χ0v) is 23.5. The quantitative estimate of drug-likeness (QED) is 0.122. The fraction of sp³-hybridized carbons (Fsp3) is 0.375. The first kappa shape index (κ1) is 29.3. The number of hydrogen-bond donors (Lipinski definition) is 1. The van der Waals surface area contributed by atoms with E-state index in [4.69, 9.17) is 4.74 Å². The number of aryl methyl sites for hydroxylation is 1. The molecule has 0 fully saturated rings. The average molecular weight is 533 g/mol. The predicted molar refractivity (Wildman–Crippen MR) is 157 cm³/mol. The number of hydrogen-bond acceptors (Lipinski definition) is 4. The number of carbonyl (C=O) groups is 2. The molecule has 2 amide bonds. The second kappa shape index (κ2) is 16.6. The summed E-state index contributed by atoms with van der Waals surface area (Å²) in [6, 6.07) is 26.0. The number of carbonyl (C=O) groups excluding carboxylic acids is 2. The van der Waals surface area contributed by atoms with Gasteiger partial charge in [0.05, 0.1) is 0 Å². The van der Waals surface area contributed by atoms with Crippen molar-refractivity contribution in [2.75, 3.05) is 18.0 Å². The topological polar surface area (TPSA) is 58.6 Å². The molecule has 0 aromatic heterocycles. The lowest BCUT2D eigenvalue weighted by atomic mass is 10.1. The number of esters is 1. The number of benzene rings is 3. The zero-order chi connectivity index (χ0) is 27.0. The van der Waals surface area contributed by atoms with E-state index in [-0.39, 0.29) is 12.0 Å². The third-order valence-corrected chi connectivity index (χ3v) is 7.15. The van der Waals surface area contributed by atoms with Gasteiger partial charge in [0.25, 0.3) is 0 Å². The Morgan fingerprint density at radius 2 is 1.47 bits per heavy atom. The standard InChI is InChI=1S/C32H40N2O3S/c1-3-5-6-10-24-33-32(36)34(25-11-15-26-13-8-7-9-14-26)27-16-20-29(21-17-27)38-30-22-18-28(19-23-30)37-31(35)12-4-2/h7-9,13-14,16-23H,3-6,10-12,15,24-25H2,1-2H3,(H,33,36). The van der Waals surface area contributed by atoms with Crippen LogP contribution in [0.3, 0.4) is 0 Å². The average Bonchev–Trinajstić information content (AvgIpc) is 2.93. The first-order valence-electron chi connectivity index (χ1n) is 13.8. The van der Waals surface area contributed by atoms with Crippen LogP contribution in [0.1, 0.15) is 64.4 Å². The van der Waals surface area contributed by atoms with Crippen molar-refractivity contribution in [3.63, 3.8) is 0 Å². The molecule has 3 aromatic rings. The smallest absolute Gasteiger partial charge is 0.321 e. The summed E-state index contributed by atoms with van der Waals surface area (Å²) in [4.78, 5) is 28.8. The van der Waals surface area contributed by atoms with Crippen molar-refractivity contribution < 1.29 is 14.3 Å². The van der Waals surface area contributed by atoms with Crippen LogP contribution in [0.5, 0.6) is 5.75 Å². The van der Waals surface area contributed by atoms with Gasteiger partial charge < -0.3 is 10.1 Å². The van der Waals surface area contributed by atoms with Gasteiger partial charge in [-0.25, -0.2) is 4.79 Å². The number of amides is 2. The molecule has 3 aromatic carbocycles. The highest BCUT2D eigenvalue weighted by molar-refractivity contribution is 7.99. The summed E-state index contributed by atoms with van der Waals surface area (Å²) in [7, 11) is 0. The summed E-state index contributed by atoms with van der Waals surface area (Å²) >= 11 is 1.63. The lowest BCUT2D eigenvalue weighted by Gasteiger charge is -2.24. The van der Waals surface area contributed by atoms with Gasteiger partial charge in [-0.2, -0.15) is 0 Å². The van der Waals surface area contributed by atoms with Gasteiger partial charge in [-0.05, 0) is 79.8 Å². The summed E-state index contributed by atoms with van der Waals surface area (Å²) in [6.07, 6.45) is 7.53. The van der Waals surface area contributed by atoms with Gasteiger partial charge in [0.2, 0.25) is 0 Å². The maximum atomic E-state index is 13.1. The van der Waals surface area contributed by atoms with Crippen LogP contribution in [0.25, 0.3) is 0 Å². The Morgan fingerprint density at radius 3 is 2.13 bits per heavy atom. The lowest BCUT2D eigenvalue weighted by molar-refractivity contribution is -0.134. The van der Waals surface area contributed by atoms with Gasteiger partial charge >= 0.3 is 12.0 Å². The Kier molecular flexibility index (Phi) is 12.8. The largest absolute Gasteiger partial charge is 0.427 e. The molecule has 3 rings (SSSR count). The van der Waals surface area contributed by atoms with E-state index in [9.17, 15) is 9.59 Å². The molecule has 202 valence electrons. The summed E-state index contributed by atoms with van der Waals surface area (Å²) in [6.45, 7) is 5.50. The van der Waals surface area contributed by atoms with E-state index in [0.717, 1.165) is 47.6 Å². The molecule has 5 nitrogen and oxygen atoms in total. The van der Waals surface area contributed by atoms with E-state index in [0.29, 0.717) is 25.3 Å². The molecular formula is C32H40N2O3S. The first-order chi connectivity index (χ1) is 18.6. The number of rotatable bonds is 15. The summed E-state index contributed by atoms with van der Waals surface area (Å²) in [5.41, 5.74) is 2.18. The monoisotopic (exact) mass is 532 g/mol. The molecule has 38 heavy (non-hydrogen) atoms. The van der Waals surface area contributed by atoms with Crippen LogP contribution in [0.2, 0.25) is 0 Å². The molecular weight excluding hydrogens is 492 g/mol. The summed E-state index contributed by atoms with van der Waals surface area (Å²) in [5.74, 6) is 0.358. The third-order valence-electron chi connectivity index (χ3n) is 6.14. The SMILES string of the molecule is CCCCCCNC(=O)N(CCCc1ccccc1)c1ccc(Sc2ccc(OC(=O)CCC)cc2)cc1. The Morgan fingerprint density at radius 1 is 0.789 bits per heavy atom. The summed E-state index contributed by atoms with van der Waals surface area (Å²) < 4.78 is 5.34. The fourth-order valence-electron chi connectivity index (χ4n) is 4.07. The van der Waals surface area contributed by atoms with E-state index < -0.39 is 0 Å². The van der Waals surface area contributed by atoms with Crippen molar-refractivity contribution in [3.05, 3.63) is 84.4 Å². The first-order valence-corrected chi connectivity index (χ1v) is 14.6. The number of nitrogens with zero attached hydrogens (tertiary/aromatic N) is 1. The molecule has 0 aliphatic carbocycles. The van der Waals surface area contributed by atoms with Crippen molar-refractivity contribution in [3.8, 4) is 5.75 Å². The number of anilines is 1. The maximum absolute atomic E-state index is 13.1. The molecule has 0 atom stereocenters. The minimum absolute atomic E-state index is 0.0387. The normalized spacial score (nSPS) is 10.7. The van der Waals surface area contributed by atoms with Crippen LogP contribution in [0, 0.1) is 0 Å². The van der Waals surface area contributed by atoms with Crippen LogP contribution in [0.15, 0.2) is 88.7 Å². The van der Waals surface area contributed by atoms with Crippen LogP contribution in [-0.2, 0) is 11.2 Å². The van der Waals surface area contributed by atoms with Gasteiger partial charge in [-0.1, -0.05) is 75.2 Å². The minimum Gasteiger partial charge on any atom is -0.427 e. The third kappa shape index (κ3) is 10.3. The lowest BCUT2D eigenvalue weighted by Crippen LogP contribution is -2.41. The van der Waals surface area contributed by atoms with Gasteiger partial charge in [-0.3, -0.25) is 9.69 Å². The number of ether oxygens (including phenoxy) is 1. The van der Waals surface area contributed by atoms with Gasteiger partial charge in [0.15, 0.2) is 0 Å². The van der Waals surface area contributed by atoms with E-state index >= 15 is 0 Å². The minimum atomic E-state index is -0.207. The molecule has 0 heterocycles. The number of nitrogens with one attached hydrogen (secondary N) is 1. The van der Waals surface area contributed by atoms with Gasteiger partial charge in [0, 0.05) is 35.0 Å². The highest BCUT2D eigenvalue weighted by atomic mass is 32.2. The van der Waals surface area contributed by atoms with Gasteiger partial charge in [-0.15, -0.1) is 0 Å². The highest BCUT2D eigenvalue weighted by Gasteiger charge is 2.15. The molecule has 0 unspecified atom stereocenters. The Balaban J connectivity index is 1.61. The van der Waals surface area contributed by atoms with Gasteiger partial charge in [0.1, 0.15) is 5.75 Å². The van der Waals surface area contributed by atoms with Crippen molar-refractivity contribution >= 4 is 29.4 Å². The van der Waals surface area contributed by atoms with Crippen LogP contribution < -0.4 is 15.0 Å². The molecule has 6 heteroatoms. The molecule has 0 aliphatic heterocycles. The second-order valence-corrected chi connectivity index (χ2v) is 10.5. The van der Waals surface area contributed by atoms with Crippen molar-refractivity contribution in [2.45, 2.75) is 75.0 Å². The maximum Gasteiger partial charge on any atom is 0.321 e. The van der Waals surface area contributed by atoms with Crippen molar-refractivity contribution in [2.24, 2.45) is 0 Å². The predicted octanol–water partition coefficient (Wildman–Crippen LogP) is 8.27. The Bertz CT molecular complexity index is 1100. The molecule has 1 N–H and O–H groups in total. The van der Waals surface area contributed by atoms with E-state index in [1.165, 1.54) is 18.4 Å². The zero-order valence-electron chi connectivity index (χ0n) is 22.7. The van der Waals surface area contributed by atoms with E-state index in [1.807, 2.05) is 66.4 Å². The molecule has 0 saturated heterocycles. The highest BCUT2D eigenvalue weighted by Crippen LogP contribution is 2.30. The Hall–Kier alpha value is -3.25. The van der Waals surface area contributed by atoms with Crippen LogP contribution in [0.4, 0.5) is 10.5 Å². The van der Waals surface area contributed by atoms with E-state index in [1.54, 1.807) is 11.8 Å². The molecule has 0 spiro atoms. The fourth-order valence-corrected chi connectivity index (χ4v) is 4.89. The van der Waals surface area contributed by atoms with Crippen molar-refractivity contribution in [1.82, 2.24) is 5.32 Å². The molecule has 0 saturated carbocycles. The Labute approximate surface area is 232 Å². The molecule has 0 aliphatic rings. The number of urea groups is 1. The van der Waals surface area contributed by atoms with E-state index in [2.05, 4.69) is 36.5 Å². The summed E-state index contributed by atoms with van der Waals surface area (Å²) in [5, 5.41) is 3.12. The molecule has 0 radical (unpaired) electrons. The second-order valence-electron chi connectivity index (χ2n) is 9.32. The number of unbranched alkanes of at least 4 members (excludes halogenated alkanes) is 3. The van der Waals surface area contributed by atoms with Crippen molar-refractivity contribution in [1.29, 1.82) is 0 Å².